The molecule has 2 aliphatic heterocycles. The molecule has 2 N–H and O–H groups in total. The first-order valence-corrected chi connectivity index (χ1v) is 9.56. The van der Waals surface area contributed by atoms with E-state index in [2.05, 4.69) is 15.5 Å². The smallest absolute Gasteiger partial charge is 0.274 e. The molecule has 0 unspecified atom stereocenters. The van der Waals surface area contributed by atoms with Crippen LogP contribution in [0.1, 0.15) is 38.5 Å². The predicted molar refractivity (Wildman–Crippen MR) is 102 cm³/mol. The molecule has 1 fully saturated rings. The molecule has 0 aliphatic carbocycles. The van der Waals surface area contributed by atoms with Gasteiger partial charge in [-0.25, -0.2) is 0 Å². The summed E-state index contributed by atoms with van der Waals surface area (Å²) in [7, 11) is 0. The molecule has 26 heavy (non-hydrogen) atoms. The van der Waals surface area contributed by atoms with Gasteiger partial charge in [-0.2, -0.15) is 16.4 Å². The molecule has 0 radical (unpaired) electrons. The van der Waals surface area contributed by atoms with Crippen LogP contribution in [0, 0.1) is 0 Å². The maximum atomic E-state index is 12.9. The van der Waals surface area contributed by atoms with Gasteiger partial charge in [0, 0.05) is 62.3 Å². The molecule has 0 saturated carbocycles. The van der Waals surface area contributed by atoms with Crippen molar-refractivity contribution in [1.29, 1.82) is 0 Å². The van der Waals surface area contributed by atoms with Gasteiger partial charge in [-0.1, -0.05) is 0 Å². The number of nitrogens with one attached hydrogen (secondary N) is 2. The third-order valence-corrected chi connectivity index (χ3v) is 5.53. The minimum absolute atomic E-state index is 0. The molecule has 0 aromatic carbocycles. The topological polar surface area (TPSA) is 81.3 Å². The zero-order valence-corrected chi connectivity index (χ0v) is 16.0. The lowest BCUT2D eigenvalue weighted by Crippen LogP contribution is -2.38. The highest BCUT2D eigenvalue weighted by Gasteiger charge is 2.28. The molecule has 0 spiro atoms. The summed E-state index contributed by atoms with van der Waals surface area (Å²) in [6, 6.07) is 1.85. The number of halogens is 1. The van der Waals surface area contributed by atoms with Crippen LogP contribution in [-0.4, -0.2) is 64.5 Å². The van der Waals surface area contributed by atoms with E-state index in [9.17, 15) is 9.59 Å². The molecule has 0 bridgehead atoms. The molecule has 0 atom stereocenters. The summed E-state index contributed by atoms with van der Waals surface area (Å²) in [4.78, 5) is 29.1. The van der Waals surface area contributed by atoms with E-state index in [1.807, 2.05) is 26.6 Å². The van der Waals surface area contributed by atoms with Gasteiger partial charge >= 0.3 is 0 Å². The molecule has 1 saturated heterocycles. The Labute approximate surface area is 162 Å². The lowest BCUT2D eigenvalue weighted by molar-refractivity contribution is 0.0715. The lowest BCUT2D eigenvalue weighted by atomic mass is 10.1. The molecule has 9 heteroatoms. The van der Waals surface area contributed by atoms with Gasteiger partial charge in [0.1, 0.15) is 0 Å². The van der Waals surface area contributed by atoms with Crippen LogP contribution in [0.2, 0.25) is 0 Å². The SMILES string of the molecule is Cl.O=C(c1ccsc1)N1CCCN(C(=O)c2n[nH]c3c2CNCC3)CC1. The first-order chi connectivity index (χ1) is 12.2. The summed E-state index contributed by atoms with van der Waals surface area (Å²) >= 11 is 1.52. The standard InChI is InChI=1S/C17H21N5O2S.ClH/c23-16(12-3-9-25-11-12)21-5-1-6-22(8-7-21)17(24)15-13-10-18-4-2-14(13)19-20-15;/h3,9,11,18H,1-2,4-8,10H2,(H,19,20);1H. The minimum Gasteiger partial charge on any atom is -0.337 e. The highest BCUT2D eigenvalue weighted by Crippen LogP contribution is 2.18. The van der Waals surface area contributed by atoms with Gasteiger partial charge in [0.25, 0.3) is 11.8 Å². The maximum Gasteiger partial charge on any atom is 0.274 e. The Balaban J connectivity index is 0.00000196. The molecule has 2 aromatic heterocycles. The Kier molecular flexibility index (Phi) is 5.95. The van der Waals surface area contributed by atoms with Crippen LogP contribution in [0.5, 0.6) is 0 Å². The van der Waals surface area contributed by atoms with Gasteiger partial charge < -0.3 is 15.1 Å². The highest BCUT2D eigenvalue weighted by atomic mass is 35.5. The predicted octanol–water partition coefficient (Wildman–Crippen LogP) is 1.53. The summed E-state index contributed by atoms with van der Waals surface area (Å²) in [5.74, 6) is 0.0166. The Morgan fingerprint density at radius 2 is 1.88 bits per heavy atom. The zero-order chi connectivity index (χ0) is 17.2. The molecule has 2 aromatic rings. The van der Waals surface area contributed by atoms with E-state index in [1.165, 1.54) is 11.3 Å². The number of aromatic nitrogens is 2. The van der Waals surface area contributed by atoms with Gasteiger partial charge in [-0.15, -0.1) is 12.4 Å². The van der Waals surface area contributed by atoms with Crippen LogP contribution in [-0.2, 0) is 13.0 Å². The van der Waals surface area contributed by atoms with Crippen molar-refractivity contribution in [2.75, 3.05) is 32.7 Å². The number of carbonyl (C=O) groups excluding carboxylic acids is 2. The number of rotatable bonds is 2. The monoisotopic (exact) mass is 395 g/mol. The van der Waals surface area contributed by atoms with E-state index in [1.54, 1.807) is 0 Å². The second-order valence-electron chi connectivity index (χ2n) is 6.41. The maximum absolute atomic E-state index is 12.9. The molecule has 4 heterocycles. The number of nitrogens with zero attached hydrogens (tertiary/aromatic N) is 3. The number of amides is 2. The van der Waals surface area contributed by atoms with Crippen molar-refractivity contribution in [3.63, 3.8) is 0 Å². The quantitative estimate of drug-likeness (QED) is 0.808. The summed E-state index contributed by atoms with van der Waals surface area (Å²) < 4.78 is 0. The molecule has 140 valence electrons. The number of H-pyrrole nitrogens is 1. The van der Waals surface area contributed by atoms with Gasteiger partial charge in [0.2, 0.25) is 0 Å². The normalized spacial score (nSPS) is 17.2. The summed E-state index contributed by atoms with van der Waals surface area (Å²) in [6.07, 6.45) is 1.66. The second kappa shape index (κ2) is 8.20. The van der Waals surface area contributed by atoms with Crippen LogP contribution in [0.3, 0.4) is 0 Å². The van der Waals surface area contributed by atoms with Crippen molar-refractivity contribution in [2.24, 2.45) is 0 Å². The van der Waals surface area contributed by atoms with E-state index < -0.39 is 0 Å². The molecular formula is C17H22ClN5O2S. The molecule has 2 aliphatic rings. The van der Waals surface area contributed by atoms with Crippen molar-refractivity contribution in [3.05, 3.63) is 39.3 Å². The third kappa shape index (κ3) is 3.62. The number of hydrogen-bond acceptors (Lipinski definition) is 5. The zero-order valence-electron chi connectivity index (χ0n) is 14.4. The average Bonchev–Trinajstić information content (AvgIpc) is 3.25. The highest BCUT2D eigenvalue weighted by molar-refractivity contribution is 7.08. The number of hydrogen-bond donors (Lipinski definition) is 2. The minimum atomic E-state index is -0.0361. The fourth-order valence-electron chi connectivity index (χ4n) is 3.44. The number of fused-ring (bicyclic) bond motifs is 1. The fourth-order valence-corrected chi connectivity index (χ4v) is 4.07. The van der Waals surface area contributed by atoms with E-state index in [0.717, 1.165) is 36.2 Å². The van der Waals surface area contributed by atoms with Crippen molar-refractivity contribution in [1.82, 2.24) is 25.3 Å². The number of thiophene rings is 1. The molecule has 2 amide bonds. The van der Waals surface area contributed by atoms with Gasteiger partial charge in [0.05, 0.1) is 5.56 Å². The molecule has 4 rings (SSSR count). The Morgan fingerprint density at radius 3 is 2.62 bits per heavy atom. The van der Waals surface area contributed by atoms with Crippen LogP contribution >= 0.6 is 23.7 Å². The summed E-state index contributed by atoms with van der Waals surface area (Å²) in [5.41, 5.74) is 3.31. The van der Waals surface area contributed by atoms with Crippen LogP contribution < -0.4 is 5.32 Å². The molecule has 7 nitrogen and oxygen atoms in total. The Hall–Kier alpha value is -1.90. The first-order valence-electron chi connectivity index (χ1n) is 8.61. The van der Waals surface area contributed by atoms with Crippen molar-refractivity contribution in [3.8, 4) is 0 Å². The average molecular weight is 396 g/mol. The number of carbonyl (C=O) groups is 2. The summed E-state index contributed by atoms with van der Waals surface area (Å²) in [5, 5.41) is 14.3. The van der Waals surface area contributed by atoms with Gasteiger partial charge in [-0.05, 0) is 17.9 Å². The van der Waals surface area contributed by atoms with E-state index in [0.29, 0.717) is 38.4 Å². The van der Waals surface area contributed by atoms with Crippen LogP contribution in [0.4, 0.5) is 0 Å². The van der Waals surface area contributed by atoms with E-state index >= 15 is 0 Å². The van der Waals surface area contributed by atoms with Gasteiger partial charge in [0.15, 0.2) is 5.69 Å². The van der Waals surface area contributed by atoms with Gasteiger partial charge in [-0.3, -0.25) is 14.7 Å². The Bertz CT molecular complexity index is 776. The lowest BCUT2D eigenvalue weighted by Gasteiger charge is -2.22. The van der Waals surface area contributed by atoms with Crippen molar-refractivity contribution >= 4 is 35.6 Å². The largest absolute Gasteiger partial charge is 0.337 e. The van der Waals surface area contributed by atoms with Crippen LogP contribution in [0.15, 0.2) is 16.8 Å². The van der Waals surface area contributed by atoms with Crippen LogP contribution in [0.25, 0.3) is 0 Å². The van der Waals surface area contributed by atoms with E-state index in [4.69, 9.17) is 0 Å². The Morgan fingerprint density at radius 1 is 1.12 bits per heavy atom. The van der Waals surface area contributed by atoms with Crippen molar-refractivity contribution < 1.29 is 9.59 Å². The third-order valence-electron chi connectivity index (χ3n) is 4.85. The second-order valence-corrected chi connectivity index (χ2v) is 7.19. The number of aromatic amines is 1. The fraction of sp³-hybridized carbons (Fsp3) is 0.471. The summed E-state index contributed by atoms with van der Waals surface area (Å²) in [6.45, 7) is 4.03. The molecular weight excluding hydrogens is 374 g/mol. The first kappa shape index (κ1) is 18.9. The van der Waals surface area contributed by atoms with E-state index in [-0.39, 0.29) is 24.2 Å². The van der Waals surface area contributed by atoms with Crippen molar-refractivity contribution in [2.45, 2.75) is 19.4 Å².